The number of nitrogens with one attached hydrogen (secondary N) is 2. The number of aromatic nitrogens is 3. The van der Waals surface area contributed by atoms with Crippen LogP contribution in [0.4, 0.5) is 4.79 Å². The Labute approximate surface area is 151 Å². The van der Waals surface area contributed by atoms with E-state index in [1.54, 1.807) is 17.2 Å². The molecule has 26 heavy (non-hydrogen) atoms. The zero-order valence-corrected chi connectivity index (χ0v) is 14.6. The molecule has 1 aliphatic rings. The van der Waals surface area contributed by atoms with Gasteiger partial charge in [-0.05, 0) is 25.5 Å². The molecule has 1 atom stereocenters. The van der Waals surface area contributed by atoms with E-state index in [0.29, 0.717) is 43.5 Å². The van der Waals surface area contributed by atoms with Crippen molar-refractivity contribution in [1.29, 1.82) is 0 Å². The average Bonchev–Trinajstić information content (AvgIpc) is 3.30. The number of carbonyl (C=O) groups is 2. The van der Waals surface area contributed by atoms with Crippen LogP contribution in [0.2, 0.25) is 0 Å². The van der Waals surface area contributed by atoms with E-state index in [4.69, 9.17) is 4.52 Å². The zero-order valence-electron chi connectivity index (χ0n) is 14.6. The van der Waals surface area contributed by atoms with Gasteiger partial charge >= 0.3 is 6.03 Å². The summed E-state index contributed by atoms with van der Waals surface area (Å²) < 4.78 is 5.17. The fourth-order valence-corrected chi connectivity index (χ4v) is 2.80. The summed E-state index contributed by atoms with van der Waals surface area (Å²) in [6, 6.07) is 5.35. The lowest BCUT2D eigenvalue weighted by atomic mass is 10.2. The first kappa shape index (κ1) is 17.8. The van der Waals surface area contributed by atoms with E-state index >= 15 is 0 Å². The van der Waals surface area contributed by atoms with Crippen molar-refractivity contribution in [3.8, 4) is 11.5 Å². The molecule has 1 unspecified atom stereocenters. The van der Waals surface area contributed by atoms with Crippen molar-refractivity contribution >= 4 is 11.9 Å². The Bertz CT molecular complexity index is 748. The van der Waals surface area contributed by atoms with Gasteiger partial charge in [0.15, 0.2) is 0 Å². The molecule has 9 heteroatoms. The van der Waals surface area contributed by atoms with Gasteiger partial charge in [0.2, 0.25) is 17.6 Å². The van der Waals surface area contributed by atoms with E-state index in [2.05, 4.69) is 25.8 Å². The van der Waals surface area contributed by atoms with E-state index in [0.717, 1.165) is 6.42 Å². The molecule has 3 amide bonds. The lowest BCUT2D eigenvalue weighted by Crippen LogP contribution is -2.42. The van der Waals surface area contributed by atoms with Crippen LogP contribution in [0.25, 0.3) is 11.5 Å². The molecule has 3 heterocycles. The maximum atomic E-state index is 12.1. The normalized spacial score (nSPS) is 16.5. The Kier molecular flexibility index (Phi) is 5.77. The van der Waals surface area contributed by atoms with Crippen LogP contribution >= 0.6 is 0 Å². The van der Waals surface area contributed by atoms with E-state index in [9.17, 15) is 9.59 Å². The molecule has 0 aliphatic carbocycles. The molecule has 2 aromatic rings. The van der Waals surface area contributed by atoms with Crippen LogP contribution in [0.5, 0.6) is 0 Å². The van der Waals surface area contributed by atoms with E-state index in [1.165, 1.54) is 0 Å². The first-order valence-corrected chi connectivity index (χ1v) is 8.72. The number of amides is 3. The molecule has 0 spiro atoms. The molecule has 9 nitrogen and oxygen atoms in total. The van der Waals surface area contributed by atoms with E-state index < -0.39 is 0 Å². The van der Waals surface area contributed by atoms with Crippen molar-refractivity contribution in [2.24, 2.45) is 0 Å². The maximum absolute atomic E-state index is 12.1. The molecule has 0 radical (unpaired) electrons. The lowest BCUT2D eigenvalue weighted by molar-refractivity contribution is -0.121. The van der Waals surface area contributed by atoms with Gasteiger partial charge in [-0.2, -0.15) is 4.98 Å². The minimum Gasteiger partial charge on any atom is -0.352 e. The molecule has 1 fully saturated rings. The summed E-state index contributed by atoms with van der Waals surface area (Å²) in [7, 11) is 0. The number of nitrogens with zero attached hydrogens (tertiary/aromatic N) is 4. The van der Waals surface area contributed by atoms with Crippen LogP contribution in [0.1, 0.15) is 25.7 Å². The molecule has 2 N–H and O–H groups in total. The highest BCUT2D eigenvalue weighted by molar-refractivity contribution is 5.77. The number of aryl methyl sites for hydroxylation is 1. The number of urea groups is 1. The van der Waals surface area contributed by atoms with Crippen molar-refractivity contribution in [3.05, 3.63) is 30.3 Å². The molecule has 0 saturated carbocycles. The van der Waals surface area contributed by atoms with Gasteiger partial charge in [-0.25, -0.2) is 4.79 Å². The van der Waals surface area contributed by atoms with Gasteiger partial charge < -0.3 is 20.1 Å². The van der Waals surface area contributed by atoms with Gasteiger partial charge in [0.05, 0.1) is 0 Å². The second-order valence-corrected chi connectivity index (χ2v) is 6.06. The van der Waals surface area contributed by atoms with Crippen LogP contribution in [0.15, 0.2) is 28.9 Å². The second kappa shape index (κ2) is 8.41. The van der Waals surface area contributed by atoms with Crippen molar-refractivity contribution in [3.63, 3.8) is 0 Å². The van der Waals surface area contributed by atoms with Crippen LogP contribution in [0.3, 0.4) is 0 Å². The highest BCUT2D eigenvalue weighted by Crippen LogP contribution is 2.13. The van der Waals surface area contributed by atoms with Gasteiger partial charge in [0.25, 0.3) is 0 Å². The van der Waals surface area contributed by atoms with Crippen molar-refractivity contribution in [1.82, 2.24) is 30.7 Å². The van der Waals surface area contributed by atoms with Crippen LogP contribution in [-0.2, 0) is 11.2 Å². The SMILES string of the molecule is CCNC(=O)N1CCC(NC(=O)CCc2nc(-c3ccccn3)no2)C1. The molecule has 1 aliphatic heterocycles. The third-order valence-corrected chi connectivity index (χ3v) is 4.10. The third kappa shape index (κ3) is 4.56. The summed E-state index contributed by atoms with van der Waals surface area (Å²) in [5.41, 5.74) is 0.628. The van der Waals surface area contributed by atoms with E-state index in [-0.39, 0.29) is 24.4 Å². The first-order chi connectivity index (χ1) is 12.7. The second-order valence-electron chi connectivity index (χ2n) is 6.06. The zero-order chi connectivity index (χ0) is 18.4. The minimum atomic E-state index is -0.0923. The summed E-state index contributed by atoms with van der Waals surface area (Å²) in [6.45, 7) is 3.65. The quantitative estimate of drug-likeness (QED) is 0.796. The number of hydrogen-bond donors (Lipinski definition) is 2. The Morgan fingerprint density at radius 3 is 3.04 bits per heavy atom. The fraction of sp³-hybridized carbons (Fsp3) is 0.471. The standard InChI is InChI=1S/C17H22N6O3/c1-2-18-17(25)23-10-8-12(11-23)20-14(24)6-7-15-21-16(22-26-15)13-5-3-4-9-19-13/h3-5,9,12H,2,6-8,10-11H2,1H3,(H,18,25)(H,20,24). The van der Waals surface area contributed by atoms with Gasteiger partial charge in [-0.15, -0.1) is 0 Å². The Morgan fingerprint density at radius 1 is 1.38 bits per heavy atom. The molecular weight excluding hydrogens is 336 g/mol. The molecular formula is C17H22N6O3. The third-order valence-electron chi connectivity index (χ3n) is 4.10. The van der Waals surface area contributed by atoms with Crippen molar-refractivity contribution in [2.45, 2.75) is 32.2 Å². The smallest absolute Gasteiger partial charge is 0.317 e. The van der Waals surface area contributed by atoms with Crippen molar-refractivity contribution < 1.29 is 14.1 Å². The number of hydrogen-bond acceptors (Lipinski definition) is 6. The molecule has 0 bridgehead atoms. The number of rotatable bonds is 6. The average molecular weight is 358 g/mol. The Morgan fingerprint density at radius 2 is 2.27 bits per heavy atom. The minimum absolute atomic E-state index is 0.0168. The number of pyridine rings is 1. The molecule has 138 valence electrons. The van der Waals surface area contributed by atoms with Crippen molar-refractivity contribution in [2.75, 3.05) is 19.6 Å². The monoisotopic (exact) mass is 358 g/mol. The summed E-state index contributed by atoms with van der Waals surface area (Å²) in [4.78, 5) is 34.0. The van der Waals surface area contributed by atoms with Crippen LogP contribution in [0, 0.1) is 0 Å². The Hall–Kier alpha value is -2.97. The van der Waals surface area contributed by atoms with Gasteiger partial charge in [-0.1, -0.05) is 11.2 Å². The largest absolute Gasteiger partial charge is 0.352 e. The van der Waals surface area contributed by atoms with Gasteiger partial charge in [0, 0.05) is 44.7 Å². The summed E-state index contributed by atoms with van der Waals surface area (Å²) in [6.07, 6.45) is 3.03. The summed E-state index contributed by atoms with van der Waals surface area (Å²) in [5, 5.41) is 9.60. The molecule has 1 saturated heterocycles. The highest BCUT2D eigenvalue weighted by atomic mass is 16.5. The predicted octanol–water partition coefficient (Wildman–Crippen LogP) is 0.984. The molecule has 3 rings (SSSR count). The molecule has 2 aromatic heterocycles. The van der Waals surface area contributed by atoms with Gasteiger partial charge in [-0.3, -0.25) is 9.78 Å². The fourth-order valence-electron chi connectivity index (χ4n) is 2.80. The van der Waals surface area contributed by atoms with Crippen LogP contribution < -0.4 is 10.6 Å². The lowest BCUT2D eigenvalue weighted by Gasteiger charge is -2.17. The number of likely N-dealkylation sites (tertiary alicyclic amines) is 1. The van der Waals surface area contributed by atoms with E-state index in [1.807, 2.05) is 19.1 Å². The maximum Gasteiger partial charge on any atom is 0.317 e. The van der Waals surface area contributed by atoms with Gasteiger partial charge in [0.1, 0.15) is 5.69 Å². The highest BCUT2D eigenvalue weighted by Gasteiger charge is 2.27. The summed E-state index contributed by atoms with van der Waals surface area (Å²) in [5.74, 6) is 0.718. The molecule has 0 aromatic carbocycles. The van der Waals surface area contributed by atoms with Crippen LogP contribution in [-0.4, -0.2) is 57.6 Å². The summed E-state index contributed by atoms with van der Waals surface area (Å²) >= 11 is 0. The topological polar surface area (TPSA) is 113 Å². The predicted molar refractivity (Wildman–Crippen MR) is 93.0 cm³/mol. The first-order valence-electron chi connectivity index (χ1n) is 8.72. The number of carbonyl (C=O) groups excluding carboxylic acids is 2. The Balaban J connectivity index is 1.44.